The summed E-state index contributed by atoms with van der Waals surface area (Å²) in [6, 6.07) is 0. The molecule has 0 heterocycles. The van der Waals surface area contributed by atoms with Crippen molar-refractivity contribution in [1.29, 1.82) is 0 Å². The van der Waals surface area contributed by atoms with Crippen LogP contribution in [0.1, 0.15) is 27.7 Å². The molecule has 1 radical (unpaired) electrons. The number of rotatable bonds is 6. The molecule has 0 aromatic rings. The molecule has 0 aliphatic carbocycles. The van der Waals surface area contributed by atoms with Crippen LogP contribution in [0.2, 0.25) is 5.54 Å². The summed E-state index contributed by atoms with van der Waals surface area (Å²) < 4.78 is 16.5. The topological polar surface area (TPSA) is 27.7 Å². The first kappa shape index (κ1) is 14.1. The Bertz CT molecular complexity index is 139. The van der Waals surface area contributed by atoms with E-state index >= 15 is 0 Å². The van der Waals surface area contributed by atoms with Gasteiger partial charge >= 0.3 is 8.80 Å². The number of hydrogen-bond acceptors (Lipinski definition) is 3. The highest BCUT2D eigenvalue weighted by molar-refractivity contribution is 6.63. The Morgan fingerprint density at radius 1 is 0.929 bits per heavy atom. The highest BCUT2D eigenvalue weighted by Gasteiger charge is 2.50. The largest absolute Gasteiger partial charge is 0.504 e. The summed E-state index contributed by atoms with van der Waals surface area (Å²) in [5, 5.41) is 0. The van der Waals surface area contributed by atoms with E-state index in [9.17, 15) is 0 Å². The van der Waals surface area contributed by atoms with Crippen LogP contribution in [0.25, 0.3) is 0 Å². The Morgan fingerprint density at radius 3 is 1.36 bits per heavy atom. The molecule has 0 saturated carbocycles. The van der Waals surface area contributed by atoms with Crippen LogP contribution in [-0.2, 0) is 13.3 Å². The van der Waals surface area contributed by atoms with Gasteiger partial charge in [0.25, 0.3) is 0 Å². The van der Waals surface area contributed by atoms with E-state index in [2.05, 4.69) is 27.7 Å². The van der Waals surface area contributed by atoms with E-state index in [4.69, 9.17) is 13.3 Å². The lowest BCUT2D eigenvalue weighted by Crippen LogP contribution is -2.50. The van der Waals surface area contributed by atoms with E-state index in [1.54, 1.807) is 21.3 Å². The van der Waals surface area contributed by atoms with Gasteiger partial charge in [0.1, 0.15) is 0 Å². The van der Waals surface area contributed by atoms with Gasteiger partial charge in [-0.3, -0.25) is 0 Å². The maximum Gasteiger partial charge on any atom is 0.504 e. The maximum absolute atomic E-state index is 5.49. The van der Waals surface area contributed by atoms with Crippen LogP contribution in [0.5, 0.6) is 0 Å². The van der Waals surface area contributed by atoms with E-state index in [1.165, 1.54) is 5.92 Å². The van der Waals surface area contributed by atoms with Crippen LogP contribution in [0.3, 0.4) is 0 Å². The van der Waals surface area contributed by atoms with Gasteiger partial charge in [-0.2, -0.15) is 0 Å². The third kappa shape index (κ3) is 2.79. The molecule has 0 aromatic carbocycles. The summed E-state index contributed by atoms with van der Waals surface area (Å²) in [6.45, 7) is 8.53. The van der Waals surface area contributed by atoms with Crippen LogP contribution in [0, 0.1) is 11.8 Å². The standard InChI is InChI=1S/C10H23O3Si/c1-8(2)10(9(3)4)14(11-5,12-6)13-7/h8,10H,1-7H3. The molecule has 1 unspecified atom stereocenters. The van der Waals surface area contributed by atoms with Crippen molar-refractivity contribution in [3.05, 3.63) is 5.92 Å². The van der Waals surface area contributed by atoms with Crippen LogP contribution < -0.4 is 0 Å². The van der Waals surface area contributed by atoms with Gasteiger partial charge in [0.05, 0.1) is 0 Å². The van der Waals surface area contributed by atoms with E-state index < -0.39 is 8.80 Å². The number of hydrogen-bond donors (Lipinski definition) is 0. The van der Waals surface area contributed by atoms with Crippen molar-refractivity contribution < 1.29 is 13.3 Å². The predicted octanol–water partition coefficient (Wildman–Crippen LogP) is 2.50. The SMILES string of the molecule is CO[Si](OC)(OC)C([C](C)C)C(C)C. The molecule has 0 aliphatic rings. The molecule has 0 rings (SSSR count). The summed E-state index contributed by atoms with van der Waals surface area (Å²) in [5.41, 5.74) is 0.266. The van der Waals surface area contributed by atoms with Gasteiger partial charge in [0.2, 0.25) is 0 Å². The van der Waals surface area contributed by atoms with Crippen LogP contribution in [0.15, 0.2) is 0 Å². The molecule has 14 heavy (non-hydrogen) atoms. The molecule has 0 aromatic heterocycles. The second kappa shape index (κ2) is 5.85. The zero-order chi connectivity index (χ0) is 11.4. The molecule has 0 N–H and O–H groups in total. The molecular weight excluding hydrogens is 196 g/mol. The lowest BCUT2D eigenvalue weighted by atomic mass is 10.00. The van der Waals surface area contributed by atoms with Crippen molar-refractivity contribution >= 4 is 8.80 Å². The van der Waals surface area contributed by atoms with Crippen molar-refractivity contribution in [2.45, 2.75) is 33.2 Å². The van der Waals surface area contributed by atoms with Gasteiger partial charge in [-0.1, -0.05) is 27.7 Å². The molecule has 0 amide bonds. The first-order chi connectivity index (χ1) is 6.45. The second-order valence-corrected chi connectivity index (χ2v) is 7.07. The lowest BCUT2D eigenvalue weighted by molar-refractivity contribution is 0.106. The average Bonchev–Trinajstić information content (AvgIpc) is 2.12. The maximum atomic E-state index is 5.49. The summed E-state index contributed by atoms with van der Waals surface area (Å²) in [4.78, 5) is 0. The van der Waals surface area contributed by atoms with Gasteiger partial charge in [-0.15, -0.1) is 0 Å². The average molecular weight is 219 g/mol. The summed E-state index contributed by atoms with van der Waals surface area (Å²) in [7, 11) is 2.48. The Morgan fingerprint density at radius 2 is 1.29 bits per heavy atom. The van der Waals surface area contributed by atoms with Crippen LogP contribution in [0.4, 0.5) is 0 Å². The van der Waals surface area contributed by atoms with Crippen molar-refractivity contribution in [3.8, 4) is 0 Å². The molecule has 3 nitrogen and oxygen atoms in total. The fourth-order valence-corrected chi connectivity index (χ4v) is 4.84. The lowest BCUT2D eigenvalue weighted by Gasteiger charge is -2.36. The zero-order valence-corrected chi connectivity index (χ0v) is 11.4. The quantitative estimate of drug-likeness (QED) is 0.642. The molecule has 85 valence electrons. The monoisotopic (exact) mass is 219 g/mol. The highest BCUT2D eigenvalue weighted by atomic mass is 28.4. The van der Waals surface area contributed by atoms with E-state index in [1.807, 2.05) is 0 Å². The predicted molar refractivity (Wildman–Crippen MR) is 60.0 cm³/mol. The van der Waals surface area contributed by atoms with Crippen molar-refractivity contribution in [2.75, 3.05) is 21.3 Å². The van der Waals surface area contributed by atoms with Crippen molar-refractivity contribution in [3.63, 3.8) is 0 Å². The molecule has 4 heteroatoms. The molecule has 1 atom stereocenters. The minimum Gasteiger partial charge on any atom is -0.377 e. The normalized spacial score (nSPS) is 13.3. The second-order valence-electron chi connectivity index (χ2n) is 4.01. The minimum atomic E-state index is -2.51. The fraction of sp³-hybridized carbons (Fsp3) is 0.900. The van der Waals surface area contributed by atoms with Gasteiger partial charge in [0.15, 0.2) is 0 Å². The first-order valence-corrected chi connectivity index (χ1v) is 6.70. The molecule has 0 fully saturated rings. The van der Waals surface area contributed by atoms with E-state index in [0.717, 1.165) is 0 Å². The third-order valence-electron chi connectivity index (χ3n) is 2.52. The van der Waals surface area contributed by atoms with Gasteiger partial charge < -0.3 is 13.3 Å². The molecule has 0 spiro atoms. The van der Waals surface area contributed by atoms with E-state index in [-0.39, 0.29) is 5.54 Å². The zero-order valence-electron chi connectivity index (χ0n) is 10.4. The minimum absolute atomic E-state index is 0.266. The smallest absolute Gasteiger partial charge is 0.377 e. The molecule has 0 saturated heterocycles. The summed E-state index contributed by atoms with van der Waals surface area (Å²) >= 11 is 0. The first-order valence-electron chi connectivity index (χ1n) is 4.90. The van der Waals surface area contributed by atoms with Crippen molar-refractivity contribution in [1.82, 2.24) is 0 Å². The fourth-order valence-electron chi connectivity index (χ4n) is 2.06. The van der Waals surface area contributed by atoms with Gasteiger partial charge in [-0.25, -0.2) is 0 Å². The molecular formula is C10H23O3Si. The Kier molecular flexibility index (Phi) is 5.89. The Hall–Kier alpha value is 0.0969. The molecule has 0 bridgehead atoms. The highest BCUT2D eigenvalue weighted by Crippen LogP contribution is 2.38. The van der Waals surface area contributed by atoms with Crippen LogP contribution in [-0.4, -0.2) is 30.1 Å². The van der Waals surface area contributed by atoms with Crippen molar-refractivity contribution in [2.24, 2.45) is 5.92 Å². The van der Waals surface area contributed by atoms with E-state index in [0.29, 0.717) is 5.92 Å². The Balaban J connectivity index is 4.90. The summed E-state index contributed by atoms with van der Waals surface area (Å²) in [6.07, 6.45) is 0. The Labute approximate surface area is 89.1 Å². The van der Waals surface area contributed by atoms with Gasteiger partial charge in [-0.05, 0) is 11.8 Å². The van der Waals surface area contributed by atoms with Gasteiger partial charge in [0, 0.05) is 26.9 Å². The molecule has 0 aliphatic heterocycles. The van der Waals surface area contributed by atoms with Crippen LogP contribution >= 0.6 is 0 Å². The third-order valence-corrected chi connectivity index (χ3v) is 6.24. The summed E-state index contributed by atoms with van der Waals surface area (Å²) in [5.74, 6) is 1.77.